The normalized spacial score (nSPS) is 18.8. The van der Waals surface area contributed by atoms with Crippen LogP contribution in [0.4, 0.5) is 0 Å². The zero-order valence-electron chi connectivity index (χ0n) is 18.6. The third-order valence-electron chi connectivity index (χ3n) is 6.15. The number of amides is 1. The Bertz CT molecular complexity index is 1010. The van der Waals surface area contributed by atoms with Gasteiger partial charge in [0.1, 0.15) is 12.2 Å². The van der Waals surface area contributed by atoms with Gasteiger partial charge in [0.25, 0.3) is 5.91 Å². The fraction of sp³-hybridized carbons (Fsp3) is 0.500. The van der Waals surface area contributed by atoms with E-state index in [1.54, 1.807) is 6.07 Å². The fourth-order valence-corrected chi connectivity index (χ4v) is 4.46. The number of hydrogen-bond acceptors (Lipinski definition) is 5. The summed E-state index contributed by atoms with van der Waals surface area (Å²) in [5.41, 5.74) is 1.56. The molecule has 31 heavy (non-hydrogen) atoms. The van der Waals surface area contributed by atoms with E-state index in [0.29, 0.717) is 31.9 Å². The number of aryl methyl sites for hydroxylation is 1. The van der Waals surface area contributed by atoms with Gasteiger partial charge in [0.2, 0.25) is 0 Å². The van der Waals surface area contributed by atoms with Crippen molar-refractivity contribution in [3.63, 3.8) is 0 Å². The largest absolute Gasteiger partial charge is 0.486 e. The average molecular weight is 426 g/mol. The number of hydrogen-bond donors (Lipinski definition) is 0. The van der Waals surface area contributed by atoms with Crippen molar-refractivity contribution in [2.45, 2.75) is 39.8 Å². The van der Waals surface area contributed by atoms with E-state index in [9.17, 15) is 9.59 Å². The van der Waals surface area contributed by atoms with Gasteiger partial charge in [-0.15, -0.1) is 0 Å². The molecule has 166 valence electrons. The molecule has 0 saturated carbocycles. The Kier molecular flexibility index (Phi) is 6.32. The Balaban J connectivity index is 1.54. The molecule has 1 saturated heterocycles. The lowest BCUT2D eigenvalue weighted by Crippen LogP contribution is -2.50. The molecule has 1 atom stereocenters. The van der Waals surface area contributed by atoms with Crippen LogP contribution in [0.1, 0.15) is 35.1 Å². The second-order valence-electron chi connectivity index (χ2n) is 8.35. The van der Waals surface area contributed by atoms with Crippen molar-refractivity contribution in [2.24, 2.45) is 0 Å². The van der Waals surface area contributed by atoms with Crippen LogP contribution in [-0.4, -0.2) is 65.7 Å². The van der Waals surface area contributed by atoms with E-state index < -0.39 is 0 Å². The summed E-state index contributed by atoms with van der Waals surface area (Å²) in [6.45, 7) is 10.9. The maximum atomic E-state index is 13.3. The molecule has 3 heterocycles. The third kappa shape index (κ3) is 4.46. The number of benzene rings is 1. The van der Waals surface area contributed by atoms with Crippen LogP contribution in [0.15, 0.2) is 35.1 Å². The first kappa shape index (κ1) is 21.4. The molecule has 2 aliphatic heterocycles. The highest BCUT2D eigenvalue weighted by Gasteiger charge is 2.28. The smallest absolute Gasteiger partial charge is 0.259 e. The van der Waals surface area contributed by atoms with Gasteiger partial charge in [0.15, 0.2) is 23.0 Å². The first-order valence-electron chi connectivity index (χ1n) is 11.1. The Labute approximate surface area is 183 Å². The standard InChI is InChI=1S/C24H31N3O4/c1-4-9-25-10-12-26(13-11-25)24(29)23-18(3)27(17(2)14-20(23)28)15-19-16-30-21-7-5-6-8-22(21)31-19/h5-8,14,19H,4,9-13,15-16H2,1-3H3. The molecule has 1 fully saturated rings. The number of para-hydroxylation sites is 2. The Morgan fingerprint density at radius 3 is 2.52 bits per heavy atom. The van der Waals surface area contributed by atoms with Crippen molar-refractivity contribution in [3.05, 3.63) is 57.5 Å². The number of ether oxygens (including phenoxy) is 2. The second-order valence-corrected chi connectivity index (χ2v) is 8.35. The van der Waals surface area contributed by atoms with Crippen LogP contribution in [0.2, 0.25) is 0 Å². The molecular formula is C24H31N3O4. The maximum Gasteiger partial charge on any atom is 0.259 e. The number of fused-ring (bicyclic) bond motifs is 1. The van der Waals surface area contributed by atoms with Gasteiger partial charge in [-0.2, -0.15) is 0 Å². The predicted molar refractivity (Wildman–Crippen MR) is 119 cm³/mol. The molecule has 1 aromatic heterocycles. The van der Waals surface area contributed by atoms with E-state index >= 15 is 0 Å². The summed E-state index contributed by atoms with van der Waals surface area (Å²) in [6, 6.07) is 9.17. The van der Waals surface area contributed by atoms with Crippen LogP contribution in [0.5, 0.6) is 11.5 Å². The predicted octanol–water partition coefficient (Wildman–Crippen LogP) is 2.47. The Morgan fingerprint density at radius 2 is 1.81 bits per heavy atom. The van der Waals surface area contributed by atoms with E-state index in [1.165, 1.54) is 0 Å². The fourth-order valence-electron chi connectivity index (χ4n) is 4.46. The van der Waals surface area contributed by atoms with Crippen molar-refractivity contribution in [2.75, 3.05) is 39.3 Å². The summed E-state index contributed by atoms with van der Waals surface area (Å²) < 4.78 is 13.9. The molecule has 7 nitrogen and oxygen atoms in total. The molecule has 1 amide bonds. The van der Waals surface area contributed by atoms with Gasteiger partial charge >= 0.3 is 0 Å². The minimum atomic E-state index is -0.210. The molecule has 2 aromatic rings. The van der Waals surface area contributed by atoms with Crippen LogP contribution < -0.4 is 14.9 Å². The number of aromatic nitrogens is 1. The van der Waals surface area contributed by atoms with Crippen LogP contribution in [0, 0.1) is 13.8 Å². The number of rotatable bonds is 5. The summed E-state index contributed by atoms with van der Waals surface area (Å²) in [7, 11) is 0. The summed E-state index contributed by atoms with van der Waals surface area (Å²) >= 11 is 0. The number of carbonyl (C=O) groups excluding carboxylic acids is 1. The van der Waals surface area contributed by atoms with Crippen LogP contribution >= 0.6 is 0 Å². The van der Waals surface area contributed by atoms with Crippen molar-refractivity contribution in [1.82, 2.24) is 14.4 Å². The Hall–Kier alpha value is -2.80. The Morgan fingerprint density at radius 1 is 1.10 bits per heavy atom. The van der Waals surface area contributed by atoms with Gasteiger partial charge in [-0.1, -0.05) is 19.1 Å². The molecule has 0 N–H and O–H groups in total. The van der Waals surface area contributed by atoms with Gasteiger partial charge in [-0.05, 0) is 38.9 Å². The minimum absolute atomic E-state index is 0.168. The zero-order valence-corrected chi connectivity index (χ0v) is 18.6. The highest BCUT2D eigenvalue weighted by Crippen LogP contribution is 2.31. The molecule has 1 unspecified atom stereocenters. The van der Waals surface area contributed by atoms with Gasteiger partial charge < -0.3 is 18.9 Å². The molecule has 2 aliphatic rings. The topological polar surface area (TPSA) is 64.0 Å². The van der Waals surface area contributed by atoms with E-state index in [1.807, 2.05) is 47.6 Å². The van der Waals surface area contributed by atoms with E-state index in [-0.39, 0.29) is 23.0 Å². The lowest BCUT2D eigenvalue weighted by Gasteiger charge is -2.35. The second kappa shape index (κ2) is 9.14. The van der Waals surface area contributed by atoms with Gasteiger partial charge in [0, 0.05) is 43.6 Å². The molecule has 0 bridgehead atoms. The number of piperazine rings is 1. The molecule has 0 radical (unpaired) electrons. The molecular weight excluding hydrogens is 394 g/mol. The van der Waals surface area contributed by atoms with Crippen molar-refractivity contribution in [1.29, 1.82) is 0 Å². The summed E-state index contributed by atoms with van der Waals surface area (Å²) in [4.78, 5) is 30.2. The number of carbonyl (C=O) groups is 1. The van der Waals surface area contributed by atoms with Gasteiger partial charge in [-0.25, -0.2) is 0 Å². The van der Waals surface area contributed by atoms with Crippen molar-refractivity contribution >= 4 is 5.91 Å². The molecule has 0 aliphatic carbocycles. The lowest BCUT2D eigenvalue weighted by molar-refractivity contribution is 0.0631. The quantitative estimate of drug-likeness (QED) is 0.737. The first-order valence-corrected chi connectivity index (χ1v) is 11.1. The highest BCUT2D eigenvalue weighted by atomic mass is 16.6. The van der Waals surface area contributed by atoms with Crippen LogP contribution in [0.3, 0.4) is 0 Å². The first-order chi connectivity index (χ1) is 15.0. The molecule has 0 spiro atoms. The highest BCUT2D eigenvalue weighted by molar-refractivity contribution is 5.95. The number of pyridine rings is 1. The van der Waals surface area contributed by atoms with Crippen LogP contribution in [-0.2, 0) is 6.54 Å². The zero-order chi connectivity index (χ0) is 22.0. The van der Waals surface area contributed by atoms with Crippen molar-refractivity contribution < 1.29 is 14.3 Å². The van der Waals surface area contributed by atoms with E-state index in [0.717, 1.165) is 43.2 Å². The number of nitrogens with zero attached hydrogens (tertiary/aromatic N) is 3. The van der Waals surface area contributed by atoms with E-state index in [4.69, 9.17) is 9.47 Å². The molecule has 1 aromatic carbocycles. The average Bonchev–Trinajstić information content (AvgIpc) is 2.77. The summed E-state index contributed by atoms with van der Waals surface area (Å²) in [5.74, 6) is 1.29. The minimum Gasteiger partial charge on any atom is -0.486 e. The monoisotopic (exact) mass is 425 g/mol. The lowest BCUT2D eigenvalue weighted by atomic mass is 10.1. The summed E-state index contributed by atoms with van der Waals surface area (Å²) in [6.07, 6.45) is 0.906. The molecule has 4 rings (SSSR count). The van der Waals surface area contributed by atoms with Gasteiger partial charge in [-0.3, -0.25) is 14.5 Å². The third-order valence-corrected chi connectivity index (χ3v) is 6.15. The SMILES string of the molecule is CCCN1CCN(C(=O)c2c(C)n(CC3COc4ccccc4O3)c(C)cc2=O)CC1. The molecule has 7 heteroatoms. The van der Waals surface area contributed by atoms with E-state index in [2.05, 4.69) is 11.8 Å². The van der Waals surface area contributed by atoms with Crippen molar-refractivity contribution in [3.8, 4) is 11.5 Å². The van der Waals surface area contributed by atoms with Gasteiger partial charge in [0.05, 0.1) is 6.54 Å². The maximum absolute atomic E-state index is 13.3. The summed E-state index contributed by atoms with van der Waals surface area (Å²) in [5, 5.41) is 0. The van der Waals surface area contributed by atoms with Crippen LogP contribution in [0.25, 0.3) is 0 Å².